The maximum absolute atomic E-state index is 7.00. The van der Waals surface area contributed by atoms with Crippen molar-refractivity contribution in [3.63, 3.8) is 0 Å². The van der Waals surface area contributed by atoms with Crippen LogP contribution in [0.25, 0.3) is 0 Å². The van der Waals surface area contributed by atoms with Crippen LogP contribution in [0.4, 0.5) is 22.7 Å². The lowest BCUT2D eigenvalue weighted by Crippen LogP contribution is -2.43. The number of nitrogens with one attached hydrogen (secondary N) is 4. The van der Waals surface area contributed by atoms with Crippen LogP contribution >= 0.6 is 0 Å². The van der Waals surface area contributed by atoms with Crippen molar-refractivity contribution in [1.29, 1.82) is 0 Å². The fourth-order valence-corrected chi connectivity index (χ4v) is 10.5. The third-order valence-corrected chi connectivity index (χ3v) is 15.5. The van der Waals surface area contributed by atoms with Crippen LogP contribution in [0.15, 0.2) is 169 Å². The maximum Gasteiger partial charge on any atom is 0.204 e. The number of hydrogen-bond acceptors (Lipinski definition) is 10. The number of allylic oxidation sites excluding steroid dienone is 2. The second-order valence-electron chi connectivity index (χ2n) is 22.9. The molecule has 4 N–H and O–H groups in total. The molecule has 0 amide bonds. The quantitative estimate of drug-likeness (QED) is 0.0223. The first-order valence-corrected chi connectivity index (χ1v) is 32.6. The molecule has 10 heteroatoms. The standard InChI is InChI=1S/C74H102N4O6/c1-5-9-13-17-21-25-57-79-67-37-29-61(30-38-67)75-63-49-53-73(54-50-63,77-65-33-41-69(42-34-65)81-59-27-23-19-15-11-7-3)83-71-45-47-72(48-46-71)84-74(78-66-35-43-70(44-36-66)82-60-28-24-20-16-12-8-4)55-51-64(52-56-74)76-62-31-39-68(40-32-62)80-58-26-22-18-14-10-6-2/h29-53,55,75-78H,5-28,54,56-60H2,1-4H3. The molecule has 0 spiro atoms. The van der Waals surface area contributed by atoms with Gasteiger partial charge in [-0.05, 0) is 171 Å². The third-order valence-electron chi connectivity index (χ3n) is 15.5. The minimum atomic E-state index is -0.892. The molecule has 5 aromatic rings. The van der Waals surface area contributed by atoms with E-state index in [1.807, 2.05) is 72.8 Å². The Bertz CT molecular complexity index is 2500. The summed E-state index contributed by atoms with van der Waals surface area (Å²) in [7, 11) is 0. The van der Waals surface area contributed by atoms with E-state index < -0.39 is 11.4 Å². The molecule has 0 heterocycles. The Morgan fingerprint density at radius 1 is 0.298 bits per heavy atom. The molecule has 0 fully saturated rings. The van der Waals surface area contributed by atoms with Crippen LogP contribution in [-0.4, -0.2) is 37.9 Å². The van der Waals surface area contributed by atoms with Gasteiger partial charge in [0, 0.05) is 47.0 Å². The van der Waals surface area contributed by atoms with Crippen molar-refractivity contribution >= 4 is 22.7 Å². The van der Waals surface area contributed by atoms with Crippen molar-refractivity contribution in [2.24, 2.45) is 0 Å². The minimum absolute atomic E-state index is 0.556. The molecule has 0 aromatic heterocycles. The molecule has 454 valence electrons. The Balaban J connectivity index is 1.01. The van der Waals surface area contributed by atoms with Crippen molar-refractivity contribution in [2.45, 2.75) is 206 Å². The smallest absolute Gasteiger partial charge is 0.204 e. The molecule has 2 atom stereocenters. The molecule has 7 rings (SSSR count). The highest BCUT2D eigenvalue weighted by atomic mass is 16.5. The Morgan fingerprint density at radius 2 is 0.548 bits per heavy atom. The highest BCUT2D eigenvalue weighted by Crippen LogP contribution is 2.35. The van der Waals surface area contributed by atoms with Crippen molar-refractivity contribution < 1.29 is 28.4 Å². The molecule has 5 aromatic carbocycles. The lowest BCUT2D eigenvalue weighted by molar-refractivity contribution is 0.146. The van der Waals surface area contributed by atoms with Crippen LogP contribution in [0.5, 0.6) is 34.5 Å². The number of rotatable bonds is 44. The summed E-state index contributed by atoms with van der Waals surface area (Å²) in [6.45, 7) is 12.0. The van der Waals surface area contributed by atoms with Gasteiger partial charge in [0.25, 0.3) is 0 Å². The van der Waals surface area contributed by atoms with E-state index in [1.165, 1.54) is 128 Å². The molecule has 0 saturated heterocycles. The van der Waals surface area contributed by atoms with Gasteiger partial charge in [-0.1, -0.05) is 168 Å². The fraction of sp³-hybridized carbons (Fsp3) is 0.486. The van der Waals surface area contributed by atoms with Gasteiger partial charge in [-0.25, -0.2) is 0 Å². The van der Waals surface area contributed by atoms with Crippen molar-refractivity contribution in [1.82, 2.24) is 0 Å². The maximum atomic E-state index is 7.00. The molecule has 2 aliphatic carbocycles. The summed E-state index contributed by atoms with van der Waals surface area (Å²) >= 11 is 0. The average molecular weight is 1140 g/mol. The van der Waals surface area contributed by atoms with Gasteiger partial charge in [0.05, 0.1) is 26.4 Å². The van der Waals surface area contributed by atoms with Gasteiger partial charge in [-0.15, -0.1) is 0 Å². The van der Waals surface area contributed by atoms with Gasteiger partial charge in [-0.3, -0.25) is 0 Å². The summed E-state index contributed by atoms with van der Waals surface area (Å²) in [5.74, 6) is 4.92. The predicted molar refractivity (Wildman–Crippen MR) is 353 cm³/mol. The number of unbranched alkanes of at least 4 members (excludes halogenated alkanes) is 20. The molecule has 10 nitrogen and oxygen atoms in total. The lowest BCUT2D eigenvalue weighted by atomic mass is 10.0. The molecular weight excluding hydrogens is 1040 g/mol. The van der Waals surface area contributed by atoms with Crippen LogP contribution in [0.2, 0.25) is 0 Å². The monoisotopic (exact) mass is 1140 g/mol. The van der Waals surface area contributed by atoms with Crippen molar-refractivity contribution in [3.05, 3.63) is 169 Å². The van der Waals surface area contributed by atoms with Crippen LogP contribution in [0.1, 0.15) is 195 Å². The zero-order chi connectivity index (χ0) is 58.6. The first-order valence-electron chi connectivity index (χ1n) is 32.6. The van der Waals surface area contributed by atoms with Gasteiger partial charge in [-0.2, -0.15) is 0 Å². The Kier molecular flexibility index (Phi) is 28.8. The topological polar surface area (TPSA) is 104 Å². The van der Waals surface area contributed by atoms with Gasteiger partial charge in [0.2, 0.25) is 11.4 Å². The Hall–Kier alpha value is -6.94. The third kappa shape index (κ3) is 24.0. The Labute approximate surface area is 506 Å². The van der Waals surface area contributed by atoms with Crippen LogP contribution < -0.4 is 49.7 Å². The first-order chi connectivity index (χ1) is 41.4. The van der Waals surface area contributed by atoms with Crippen molar-refractivity contribution in [3.8, 4) is 34.5 Å². The van der Waals surface area contributed by atoms with E-state index in [0.29, 0.717) is 24.3 Å². The van der Waals surface area contributed by atoms with Crippen LogP contribution in [0, 0.1) is 0 Å². The van der Waals surface area contributed by atoms with Crippen LogP contribution in [0.3, 0.4) is 0 Å². The zero-order valence-corrected chi connectivity index (χ0v) is 51.7. The second kappa shape index (κ2) is 37.4. The molecule has 0 saturated carbocycles. The van der Waals surface area contributed by atoms with Gasteiger partial charge >= 0.3 is 0 Å². The Morgan fingerprint density at radius 3 is 0.810 bits per heavy atom. The van der Waals surface area contributed by atoms with Gasteiger partial charge in [0.1, 0.15) is 34.5 Å². The molecular formula is C74H102N4O6. The van der Waals surface area contributed by atoms with E-state index in [-0.39, 0.29) is 0 Å². The molecule has 2 unspecified atom stereocenters. The summed E-state index contributed by atoms with van der Waals surface area (Å²) in [5, 5.41) is 14.7. The van der Waals surface area contributed by atoms with E-state index in [0.717, 1.165) is 109 Å². The SMILES string of the molecule is CCCCCCCCOc1ccc(NC2=CCC(Nc3ccc(OCCCCCCCC)cc3)(Oc3ccc(OC4(Nc5ccc(OCCCCCCCC)cc5)C=CC(Nc5ccc(OCCCCCCCC)cc5)=CC4)cc3)C=C2)cc1. The summed E-state index contributed by atoms with van der Waals surface area (Å²) < 4.78 is 38.5. The highest BCUT2D eigenvalue weighted by molar-refractivity contribution is 5.58. The summed E-state index contributed by atoms with van der Waals surface area (Å²) in [4.78, 5) is 0. The number of ether oxygens (including phenoxy) is 6. The normalized spacial score (nSPS) is 16.3. The molecule has 84 heavy (non-hydrogen) atoms. The molecule has 2 aliphatic rings. The minimum Gasteiger partial charge on any atom is -0.494 e. The van der Waals surface area contributed by atoms with Gasteiger partial charge in [0.15, 0.2) is 0 Å². The summed E-state index contributed by atoms with van der Waals surface area (Å²) in [5.41, 5.74) is 4.03. The average Bonchev–Trinajstić information content (AvgIpc) is 3.58. The predicted octanol–water partition coefficient (Wildman–Crippen LogP) is 20.9. The van der Waals surface area contributed by atoms with Crippen LogP contribution in [-0.2, 0) is 0 Å². The molecule has 0 radical (unpaired) electrons. The number of benzene rings is 5. The summed E-state index contributed by atoms with van der Waals surface area (Å²) in [6.07, 6.45) is 43.6. The van der Waals surface area contributed by atoms with E-state index >= 15 is 0 Å². The summed E-state index contributed by atoms with van der Waals surface area (Å²) in [6, 6.07) is 40.9. The molecule has 0 bridgehead atoms. The second-order valence-corrected chi connectivity index (χ2v) is 22.9. The fourth-order valence-electron chi connectivity index (χ4n) is 10.5. The first kappa shape index (κ1) is 64.6. The zero-order valence-electron chi connectivity index (χ0n) is 51.7. The van der Waals surface area contributed by atoms with E-state index in [4.69, 9.17) is 28.4 Å². The van der Waals surface area contributed by atoms with E-state index in [2.05, 4.69) is 134 Å². The van der Waals surface area contributed by atoms with Gasteiger partial charge < -0.3 is 49.7 Å². The number of anilines is 4. The van der Waals surface area contributed by atoms with Crippen molar-refractivity contribution in [2.75, 3.05) is 47.7 Å². The largest absolute Gasteiger partial charge is 0.494 e. The number of hydrogen-bond donors (Lipinski definition) is 4. The molecule has 0 aliphatic heterocycles. The van der Waals surface area contributed by atoms with E-state index in [1.54, 1.807) is 0 Å². The van der Waals surface area contributed by atoms with E-state index in [9.17, 15) is 0 Å². The lowest BCUT2D eigenvalue weighted by Gasteiger charge is -2.36. The highest BCUT2D eigenvalue weighted by Gasteiger charge is 2.33.